The highest BCUT2D eigenvalue weighted by molar-refractivity contribution is 7.92. The van der Waals surface area contributed by atoms with Crippen molar-refractivity contribution < 1.29 is 43.2 Å². The predicted molar refractivity (Wildman–Crippen MR) is 148 cm³/mol. The number of aromatic hydroxyl groups is 1. The first-order valence-electron chi connectivity index (χ1n) is 12.2. The molecule has 2 unspecified atom stereocenters. The van der Waals surface area contributed by atoms with E-state index < -0.39 is 73.8 Å². The molecule has 3 aliphatic rings. The number of nitrogens with one attached hydrogen (secondary N) is 1. The third kappa shape index (κ3) is 4.39. The standard InChI is InChI=1S/C25H32N4O9S.ClH/c1-6-39(37,38)27-13-9-14(28(2)3)11-7-10-8-12-18(29(4)5)21(32)17(24(26)35)23(34)25(12,36)22(33)15(10)20(31)16(11)19(13)30;/h9-10,12,18,27,30,32-33,36H,6-8H2,1-5H3,(H2,26,35);1H/t10?,12?,18-,25-;/m0./s1. The van der Waals surface area contributed by atoms with Gasteiger partial charge in [0.15, 0.2) is 17.1 Å². The smallest absolute Gasteiger partial charge is 0.255 e. The molecule has 15 heteroatoms. The molecule has 0 radical (unpaired) electrons. The molecule has 0 saturated heterocycles. The van der Waals surface area contributed by atoms with E-state index >= 15 is 0 Å². The van der Waals surface area contributed by atoms with Gasteiger partial charge >= 0.3 is 0 Å². The van der Waals surface area contributed by atoms with Crippen LogP contribution in [0.5, 0.6) is 5.75 Å². The van der Waals surface area contributed by atoms with Crippen LogP contribution in [0.25, 0.3) is 0 Å². The molecule has 3 aliphatic carbocycles. The second kappa shape index (κ2) is 10.3. The minimum Gasteiger partial charge on any atom is -0.510 e. The number of Topliss-reactive ketones (excluding diaryl/α,β-unsaturated/α-hetero) is 2. The second-order valence-corrected chi connectivity index (χ2v) is 12.5. The lowest BCUT2D eigenvalue weighted by Gasteiger charge is -2.50. The monoisotopic (exact) mass is 600 g/mol. The number of fused-ring (bicyclic) bond motifs is 3. The Balaban J connectivity index is 0.00000441. The van der Waals surface area contributed by atoms with Gasteiger partial charge in [-0.25, -0.2) is 8.42 Å². The average molecular weight is 601 g/mol. The number of primary amides is 1. The Hall–Kier alpha value is -3.33. The van der Waals surface area contributed by atoms with Crippen LogP contribution in [0.2, 0.25) is 0 Å². The van der Waals surface area contributed by atoms with Crippen LogP contribution in [0.4, 0.5) is 11.4 Å². The Morgan fingerprint density at radius 3 is 2.27 bits per heavy atom. The summed E-state index contributed by atoms with van der Waals surface area (Å²) in [5.74, 6) is -8.03. The fourth-order valence-corrected chi connectivity index (χ4v) is 6.65. The van der Waals surface area contributed by atoms with Crippen LogP contribution in [-0.4, -0.2) is 96.8 Å². The van der Waals surface area contributed by atoms with Gasteiger partial charge in [0.25, 0.3) is 5.91 Å². The normalized spacial score (nSPS) is 26.1. The number of likely N-dealkylation sites (N-methyl/N-ethyl adjacent to an activating group) is 1. The molecule has 4 rings (SSSR count). The maximum Gasteiger partial charge on any atom is 0.255 e. The second-order valence-electron chi connectivity index (χ2n) is 10.5. The van der Waals surface area contributed by atoms with E-state index in [2.05, 4.69) is 4.72 Å². The Labute approximate surface area is 237 Å². The van der Waals surface area contributed by atoms with E-state index in [9.17, 15) is 43.2 Å². The summed E-state index contributed by atoms with van der Waals surface area (Å²) < 4.78 is 26.8. The predicted octanol–water partition coefficient (Wildman–Crippen LogP) is 0.370. The van der Waals surface area contributed by atoms with E-state index in [1.165, 1.54) is 17.9 Å². The molecular formula is C25H33ClN4O9S. The lowest BCUT2D eigenvalue weighted by Crippen LogP contribution is -2.63. The number of nitrogens with zero attached hydrogens (tertiary/aromatic N) is 2. The molecule has 0 aromatic heterocycles. The Kier molecular flexibility index (Phi) is 8.00. The molecule has 0 bridgehead atoms. The molecule has 1 aromatic rings. The van der Waals surface area contributed by atoms with Crippen molar-refractivity contribution >= 4 is 51.3 Å². The first-order valence-corrected chi connectivity index (χ1v) is 13.9. The molecule has 7 N–H and O–H groups in total. The van der Waals surface area contributed by atoms with Gasteiger partial charge in [-0.2, -0.15) is 0 Å². The Morgan fingerprint density at radius 1 is 1.18 bits per heavy atom. The number of benzene rings is 1. The van der Waals surface area contributed by atoms with Crippen molar-refractivity contribution in [3.05, 3.63) is 39.9 Å². The van der Waals surface area contributed by atoms with Crippen LogP contribution in [0.3, 0.4) is 0 Å². The van der Waals surface area contributed by atoms with Crippen LogP contribution >= 0.6 is 12.4 Å². The minimum absolute atomic E-state index is 0. The molecule has 0 fully saturated rings. The highest BCUT2D eigenvalue weighted by Crippen LogP contribution is 2.54. The molecule has 0 saturated carbocycles. The highest BCUT2D eigenvalue weighted by atomic mass is 35.5. The quantitative estimate of drug-likeness (QED) is 0.194. The summed E-state index contributed by atoms with van der Waals surface area (Å²) in [5.41, 5.74) is 1.65. The van der Waals surface area contributed by atoms with E-state index in [0.717, 1.165) is 0 Å². The number of hydrogen-bond acceptors (Lipinski definition) is 11. The Bertz CT molecular complexity index is 1490. The molecule has 40 heavy (non-hydrogen) atoms. The number of aliphatic hydroxyl groups excluding tert-OH is 2. The van der Waals surface area contributed by atoms with E-state index in [-0.39, 0.29) is 47.8 Å². The van der Waals surface area contributed by atoms with Gasteiger partial charge in [-0.15, -0.1) is 12.4 Å². The number of phenolic OH excluding ortho intramolecular Hbond substituents is 1. The van der Waals surface area contributed by atoms with Crippen molar-refractivity contribution in [1.82, 2.24) is 4.90 Å². The van der Waals surface area contributed by atoms with Crippen LogP contribution in [0, 0.1) is 11.8 Å². The first kappa shape index (κ1) is 31.2. The SMILES string of the molecule is CCS(=O)(=O)Nc1cc(N(C)C)c2c(c1O)C(=O)C1=C(O)[C@]3(O)C(=O)C(C(N)=O)=C(O)[C@@H](N(C)C)C3CC1C2.Cl. The number of hydrogen-bond donors (Lipinski definition) is 6. The molecule has 1 amide bonds. The van der Waals surface area contributed by atoms with Gasteiger partial charge in [0.1, 0.15) is 17.1 Å². The van der Waals surface area contributed by atoms with Crippen LogP contribution in [0.15, 0.2) is 28.7 Å². The van der Waals surface area contributed by atoms with Crippen LogP contribution in [-0.2, 0) is 26.0 Å². The minimum atomic E-state index is -3.85. The van der Waals surface area contributed by atoms with Crippen molar-refractivity contribution in [2.45, 2.75) is 31.4 Å². The third-order valence-corrected chi connectivity index (χ3v) is 9.12. The van der Waals surface area contributed by atoms with Crippen molar-refractivity contribution in [2.75, 3.05) is 43.6 Å². The lowest BCUT2D eigenvalue weighted by atomic mass is 9.58. The lowest BCUT2D eigenvalue weighted by molar-refractivity contribution is -0.148. The van der Waals surface area contributed by atoms with Gasteiger partial charge in [0, 0.05) is 31.3 Å². The third-order valence-electron chi connectivity index (χ3n) is 7.83. The van der Waals surface area contributed by atoms with Gasteiger partial charge in [-0.3, -0.25) is 24.0 Å². The van der Waals surface area contributed by atoms with E-state index in [0.29, 0.717) is 11.3 Å². The zero-order valence-corrected chi connectivity index (χ0v) is 24.2. The number of carbonyl (C=O) groups excluding carboxylic acids is 3. The summed E-state index contributed by atoms with van der Waals surface area (Å²) in [6.45, 7) is 1.40. The van der Waals surface area contributed by atoms with Crippen molar-refractivity contribution in [3.63, 3.8) is 0 Å². The summed E-state index contributed by atoms with van der Waals surface area (Å²) in [4.78, 5) is 42.5. The molecule has 13 nitrogen and oxygen atoms in total. The van der Waals surface area contributed by atoms with E-state index in [4.69, 9.17) is 5.73 Å². The number of halogens is 1. The number of allylic oxidation sites excluding steroid dienone is 1. The zero-order valence-electron chi connectivity index (χ0n) is 22.5. The van der Waals surface area contributed by atoms with Crippen LogP contribution < -0.4 is 15.4 Å². The number of amides is 1. The van der Waals surface area contributed by atoms with Crippen molar-refractivity contribution in [1.29, 1.82) is 0 Å². The average Bonchev–Trinajstić information content (AvgIpc) is 2.82. The molecule has 0 aliphatic heterocycles. The topological polar surface area (TPSA) is 211 Å². The number of carbonyl (C=O) groups is 3. The molecular weight excluding hydrogens is 568 g/mol. The summed E-state index contributed by atoms with van der Waals surface area (Å²) >= 11 is 0. The number of anilines is 2. The highest BCUT2D eigenvalue weighted by Gasteiger charge is 2.63. The van der Waals surface area contributed by atoms with Crippen LogP contribution in [0.1, 0.15) is 29.3 Å². The molecule has 0 spiro atoms. The Morgan fingerprint density at radius 2 is 1.77 bits per heavy atom. The van der Waals surface area contributed by atoms with Gasteiger partial charge in [0.05, 0.1) is 23.0 Å². The molecule has 0 heterocycles. The number of phenols is 1. The fourth-order valence-electron chi connectivity index (χ4n) is 6.02. The zero-order chi connectivity index (χ0) is 29.4. The summed E-state index contributed by atoms with van der Waals surface area (Å²) in [6.07, 6.45) is 0.0278. The summed E-state index contributed by atoms with van der Waals surface area (Å²) in [5, 5.41) is 45.0. The first-order chi connectivity index (χ1) is 18.0. The van der Waals surface area contributed by atoms with E-state index in [1.807, 2.05) is 0 Å². The van der Waals surface area contributed by atoms with Gasteiger partial charge in [-0.1, -0.05) is 0 Å². The molecule has 220 valence electrons. The molecule has 4 atom stereocenters. The van der Waals surface area contributed by atoms with Gasteiger partial charge < -0.3 is 31.1 Å². The number of nitrogens with two attached hydrogens (primary N) is 1. The number of ketones is 2. The fraction of sp³-hybridized carbons (Fsp3) is 0.480. The molecule has 1 aromatic carbocycles. The summed E-state index contributed by atoms with van der Waals surface area (Å²) in [6, 6.07) is 0.311. The van der Waals surface area contributed by atoms with Gasteiger partial charge in [-0.05, 0) is 51.4 Å². The number of rotatable bonds is 6. The van der Waals surface area contributed by atoms with Crippen molar-refractivity contribution in [3.8, 4) is 5.75 Å². The van der Waals surface area contributed by atoms with E-state index in [1.54, 1.807) is 33.1 Å². The maximum absolute atomic E-state index is 13.9. The largest absolute Gasteiger partial charge is 0.510 e. The number of sulfonamides is 1. The summed E-state index contributed by atoms with van der Waals surface area (Å²) in [7, 11) is 2.60. The maximum atomic E-state index is 13.9. The van der Waals surface area contributed by atoms with Crippen molar-refractivity contribution in [2.24, 2.45) is 17.6 Å². The van der Waals surface area contributed by atoms with Gasteiger partial charge in [0.2, 0.25) is 15.8 Å². The number of aliphatic hydroxyl groups is 3.